The highest BCUT2D eigenvalue weighted by Crippen LogP contribution is 2.42. The molecule has 3 aromatic carbocycles. The summed E-state index contributed by atoms with van der Waals surface area (Å²) < 4.78 is 18.3. The molecule has 2 N–H and O–H groups in total. The molecule has 0 saturated carbocycles. The molecular weight excluding hydrogens is 578 g/mol. The van der Waals surface area contributed by atoms with Gasteiger partial charge in [0.05, 0.1) is 18.8 Å². The molecule has 1 aliphatic rings. The second kappa shape index (κ2) is 16.3. The van der Waals surface area contributed by atoms with E-state index in [-0.39, 0.29) is 31.3 Å². The Morgan fingerprint density at radius 3 is 2.48 bits per heavy atom. The first-order chi connectivity index (χ1) is 22.4. The molecule has 0 aliphatic carbocycles. The number of likely N-dealkylation sites (N-methyl/N-ethyl adjacent to an activating group) is 1. The van der Waals surface area contributed by atoms with E-state index >= 15 is 0 Å². The zero-order valence-electron chi connectivity index (χ0n) is 26.5. The maximum Gasteiger partial charge on any atom is 0.407 e. The molecular formula is C38H43N3O5. The molecule has 1 saturated heterocycles. The van der Waals surface area contributed by atoms with Crippen molar-refractivity contribution in [3.8, 4) is 11.1 Å². The van der Waals surface area contributed by atoms with Crippen LogP contribution in [0, 0.1) is 5.92 Å². The summed E-state index contributed by atoms with van der Waals surface area (Å²) in [6, 6.07) is 30.3. The molecule has 5 rings (SSSR count). The van der Waals surface area contributed by atoms with Crippen LogP contribution in [0.4, 0.5) is 4.79 Å². The third-order valence-corrected chi connectivity index (χ3v) is 8.30. The minimum absolute atomic E-state index is 0.00479. The molecule has 1 fully saturated rings. The van der Waals surface area contributed by atoms with Crippen molar-refractivity contribution in [2.45, 2.75) is 45.0 Å². The number of hydrogen-bond acceptors (Lipinski definition) is 7. The van der Waals surface area contributed by atoms with Gasteiger partial charge in [0.1, 0.15) is 6.61 Å². The van der Waals surface area contributed by atoms with Crippen molar-refractivity contribution >= 4 is 6.09 Å². The molecule has 1 aromatic heterocycles. The van der Waals surface area contributed by atoms with E-state index in [9.17, 15) is 9.90 Å². The van der Waals surface area contributed by atoms with Crippen LogP contribution in [0.25, 0.3) is 11.1 Å². The van der Waals surface area contributed by atoms with E-state index in [1.165, 1.54) is 6.08 Å². The van der Waals surface area contributed by atoms with Crippen molar-refractivity contribution in [2.75, 3.05) is 26.7 Å². The molecule has 4 unspecified atom stereocenters. The standard InChI is InChI=1S/C38H43N3O5/c1-4-22-44-38(43)40-24-29-8-7-9-33(23-29)30-15-17-32(18-16-30)37-45-35(25-41(3)21-19-34-10-5-6-20-39-34)27(2)36(46-37)31-13-11-28(26-42)12-14-31/h4-18,20,23,27,35-37,42H,1,19,21-22,24-26H2,2-3H3,(H,40,43). The van der Waals surface area contributed by atoms with Gasteiger partial charge in [0, 0.05) is 49.4 Å². The highest BCUT2D eigenvalue weighted by Gasteiger charge is 2.38. The van der Waals surface area contributed by atoms with E-state index < -0.39 is 12.4 Å². The number of aromatic nitrogens is 1. The average Bonchev–Trinajstić information content (AvgIpc) is 3.10. The van der Waals surface area contributed by atoms with Gasteiger partial charge in [-0.15, -0.1) is 0 Å². The van der Waals surface area contributed by atoms with Crippen molar-refractivity contribution in [3.63, 3.8) is 0 Å². The summed E-state index contributed by atoms with van der Waals surface area (Å²) >= 11 is 0. The lowest BCUT2D eigenvalue weighted by molar-refractivity contribution is -0.275. The van der Waals surface area contributed by atoms with Crippen molar-refractivity contribution in [1.29, 1.82) is 0 Å². The Labute approximate surface area is 271 Å². The number of benzene rings is 3. The van der Waals surface area contributed by atoms with Crippen molar-refractivity contribution in [1.82, 2.24) is 15.2 Å². The van der Waals surface area contributed by atoms with Gasteiger partial charge in [-0.05, 0) is 53.1 Å². The Balaban J connectivity index is 1.30. The summed E-state index contributed by atoms with van der Waals surface area (Å²) in [7, 11) is 2.12. The number of nitrogens with zero attached hydrogens (tertiary/aromatic N) is 2. The topological polar surface area (TPSA) is 93.2 Å². The molecule has 8 nitrogen and oxygen atoms in total. The number of pyridine rings is 1. The lowest BCUT2D eigenvalue weighted by atomic mass is 9.90. The molecule has 4 aromatic rings. The molecule has 0 radical (unpaired) electrons. The van der Waals surface area contributed by atoms with Crippen LogP contribution in [0.15, 0.2) is 110 Å². The first-order valence-corrected chi connectivity index (χ1v) is 15.7. The third kappa shape index (κ3) is 8.89. The maximum absolute atomic E-state index is 11.8. The van der Waals surface area contributed by atoms with Crippen LogP contribution in [0.3, 0.4) is 0 Å². The Bertz CT molecular complexity index is 1550. The fourth-order valence-electron chi connectivity index (χ4n) is 5.63. The van der Waals surface area contributed by atoms with Gasteiger partial charge in [-0.3, -0.25) is 4.98 Å². The lowest BCUT2D eigenvalue weighted by Crippen LogP contribution is -2.43. The molecule has 8 heteroatoms. The normalized spacial score (nSPS) is 19.5. The Morgan fingerprint density at radius 1 is 0.978 bits per heavy atom. The maximum atomic E-state index is 11.8. The molecule has 0 bridgehead atoms. The van der Waals surface area contributed by atoms with E-state index in [1.807, 2.05) is 60.8 Å². The number of rotatable bonds is 13. The van der Waals surface area contributed by atoms with Crippen LogP contribution < -0.4 is 5.32 Å². The second-order valence-corrected chi connectivity index (χ2v) is 11.7. The molecule has 1 amide bonds. The van der Waals surface area contributed by atoms with Gasteiger partial charge in [0.25, 0.3) is 0 Å². The fraction of sp³-hybridized carbons (Fsp3) is 0.316. The molecule has 2 heterocycles. The number of hydrogen-bond donors (Lipinski definition) is 2. The zero-order valence-corrected chi connectivity index (χ0v) is 26.5. The van der Waals surface area contributed by atoms with Crippen LogP contribution in [-0.4, -0.2) is 53.9 Å². The van der Waals surface area contributed by atoms with E-state index in [0.717, 1.165) is 58.6 Å². The first-order valence-electron chi connectivity index (χ1n) is 15.7. The molecule has 4 atom stereocenters. The summed E-state index contributed by atoms with van der Waals surface area (Å²) in [5, 5.41) is 12.3. The monoisotopic (exact) mass is 621 g/mol. The molecule has 46 heavy (non-hydrogen) atoms. The summed E-state index contributed by atoms with van der Waals surface area (Å²) in [4.78, 5) is 18.6. The van der Waals surface area contributed by atoms with E-state index in [2.05, 4.69) is 72.1 Å². The summed E-state index contributed by atoms with van der Waals surface area (Å²) in [6.07, 6.45) is 2.96. The first kappa shape index (κ1) is 33.0. The lowest BCUT2D eigenvalue weighted by Gasteiger charge is -2.42. The Morgan fingerprint density at radius 2 is 1.76 bits per heavy atom. The molecule has 240 valence electrons. The van der Waals surface area contributed by atoms with Crippen molar-refractivity contribution in [2.24, 2.45) is 5.92 Å². The largest absolute Gasteiger partial charge is 0.445 e. The number of carbonyl (C=O) groups excluding carboxylic acids is 1. The SMILES string of the molecule is C=CCOC(=O)NCc1cccc(-c2ccc(C3OC(CN(C)CCc4ccccn4)C(C)C(c4ccc(CO)cc4)O3)cc2)c1. The third-order valence-electron chi connectivity index (χ3n) is 8.30. The van der Waals surface area contributed by atoms with Crippen LogP contribution >= 0.6 is 0 Å². The fourth-order valence-corrected chi connectivity index (χ4v) is 5.63. The number of aliphatic hydroxyl groups is 1. The zero-order chi connectivity index (χ0) is 32.3. The van der Waals surface area contributed by atoms with Crippen LogP contribution in [0.2, 0.25) is 0 Å². The quantitative estimate of drug-likeness (QED) is 0.162. The van der Waals surface area contributed by atoms with E-state index in [0.29, 0.717) is 6.54 Å². The smallest absolute Gasteiger partial charge is 0.407 e. The van der Waals surface area contributed by atoms with Crippen LogP contribution in [-0.2, 0) is 33.8 Å². The molecule has 1 aliphatic heterocycles. The number of alkyl carbamates (subject to hydrolysis) is 1. The number of aliphatic hydroxyl groups excluding tert-OH is 1. The minimum Gasteiger partial charge on any atom is -0.445 e. The summed E-state index contributed by atoms with van der Waals surface area (Å²) in [5.74, 6) is 0.0956. The van der Waals surface area contributed by atoms with Crippen LogP contribution in [0.5, 0.6) is 0 Å². The van der Waals surface area contributed by atoms with E-state index in [4.69, 9.17) is 14.2 Å². The number of carbonyl (C=O) groups is 1. The molecule has 0 spiro atoms. The highest BCUT2D eigenvalue weighted by molar-refractivity contribution is 5.68. The highest BCUT2D eigenvalue weighted by atomic mass is 16.7. The van der Waals surface area contributed by atoms with Crippen molar-refractivity contribution in [3.05, 3.63) is 138 Å². The van der Waals surface area contributed by atoms with Gasteiger partial charge in [-0.1, -0.05) is 92.4 Å². The van der Waals surface area contributed by atoms with Gasteiger partial charge >= 0.3 is 6.09 Å². The predicted molar refractivity (Wildman–Crippen MR) is 179 cm³/mol. The number of ether oxygens (including phenoxy) is 3. The van der Waals surface area contributed by atoms with Gasteiger partial charge in [-0.25, -0.2) is 4.79 Å². The van der Waals surface area contributed by atoms with E-state index in [1.54, 1.807) is 0 Å². The Kier molecular flexibility index (Phi) is 11.7. The van der Waals surface area contributed by atoms with Gasteiger partial charge in [0.2, 0.25) is 0 Å². The van der Waals surface area contributed by atoms with Crippen LogP contribution in [0.1, 0.15) is 47.3 Å². The van der Waals surface area contributed by atoms with Crippen molar-refractivity contribution < 1.29 is 24.1 Å². The second-order valence-electron chi connectivity index (χ2n) is 11.7. The number of nitrogens with one attached hydrogen (secondary N) is 1. The van der Waals surface area contributed by atoms with Gasteiger partial charge in [-0.2, -0.15) is 0 Å². The summed E-state index contributed by atoms with van der Waals surface area (Å²) in [6.45, 7) is 7.90. The summed E-state index contributed by atoms with van der Waals surface area (Å²) in [5.41, 5.74) is 7.00. The Hall–Kier alpha value is -4.34. The number of amides is 1. The predicted octanol–water partition coefficient (Wildman–Crippen LogP) is 6.62. The van der Waals surface area contributed by atoms with Gasteiger partial charge in [0.15, 0.2) is 6.29 Å². The van der Waals surface area contributed by atoms with Gasteiger partial charge < -0.3 is 29.5 Å². The minimum atomic E-state index is -0.543. The average molecular weight is 622 g/mol.